The Hall–Kier alpha value is -2.18. The average Bonchev–Trinajstić information content (AvgIpc) is 2.63. The minimum atomic E-state index is -0.958. The molecule has 0 heterocycles. The fraction of sp³-hybridized carbons (Fsp3) is 0.300. The number of rotatable bonds is 9. The van der Waals surface area contributed by atoms with Crippen molar-refractivity contribution in [2.24, 2.45) is 5.16 Å². The van der Waals surface area contributed by atoms with Gasteiger partial charge in [-0.1, -0.05) is 51.4 Å². The fourth-order valence-electron chi connectivity index (χ4n) is 2.39. The van der Waals surface area contributed by atoms with Crippen molar-refractivity contribution in [3.05, 3.63) is 69.7 Å². The zero-order valence-corrected chi connectivity index (χ0v) is 16.4. The topological polar surface area (TPSA) is 68.1 Å². The first-order chi connectivity index (χ1) is 12.5. The number of hydrogen-bond donors (Lipinski definition) is 1. The van der Waals surface area contributed by atoms with E-state index in [1.54, 1.807) is 6.92 Å². The van der Waals surface area contributed by atoms with Crippen molar-refractivity contribution in [2.75, 3.05) is 6.61 Å². The molecule has 6 heteroatoms. The third-order valence-corrected chi connectivity index (χ3v) is 4.28. The van der Waals surface area contributed by atoms with Gasteiger partial charge in [0, 0.05) is 17.5 Å². The van der Waals surface area contributed by atoms with Crippen molar-refractivity contribution < 1.29 is 19.5 Å². The third kappa shape index (κ3) is 6.28. The molecule has 1 N–H and O–H groups in total. The van der Waals surface area contributed by atoms with Crippen LogP contribution >= 0.6 is 15.9 Å². The highest BCUT2D eigenvalue weighted by Crippen LogP contribution is 2.13. The van der Waals surface area contributed by atoms with Crippen molar-refractivity contribution in [1.29, 1.82) is 0 Å². The monoisotopic (exact) mass is 419 g/mol. The summed E-state index contributed by atoms with van der Waals surface area (Å²) >= 11 is 3.40. The second kappa shape index (κ2) is 10.1. The van der Waals surface area contributed by atoms with E-state index in [1.165, 1.54) is 0 Å². The summed E-state index contributed by atoms with van der Waals surface area (Å²) in [5.41, 5.74) is 3.52. The highest BCUT2D eigenvalue weighted by atomic mass is 79.9. The Bertz CT molecular complexity index is 759. The van der Waals surface area contributed by atoms with Crippen LogP contribution in [0.3, 0.4) is 0 Å². The van der Waals surface area contributed by atoms with E-state index in [-0.39, 0.29) is 0 Å². The number of oxime groups is 1. The minimum absolute atomic E-state index is 0.310. The first kappa shape index (κ1) is 20.1. The van der Waals surface area contributed by atoms with E-state index in [9.17, 15) is 9.90 Å². The van der Waals surface area contributed by atoms with E-state index in [0.717, 1.165) is 26.9 Å². The molecule has 0 aliphatic rings. The molecule has 138 valence electrons. The third-order valence-electron chi connectivity index (χ3n) is 3.76. The summed E-state index contributed by atoms with van der Waals surface area (Å²) in [6.45, 7) is 4.39. The Kier molecular flexibility index (Phi) is 7.81. The van der Waals surface area contributed by atoms with Crippen molar-refractivity contribution in [2.45, 2.75) is 33.0 Å². The Morgan fingerprint density at radius 3 is 2.58 bits per heavy atom. The van der Waals surface area contributed by atoms with Crippen molar-refractivity contribution in [3.8, 4) is 0 Å². The van der Waals surface area contributed by atoms with Gasteiger partial charge in [-0.05, 0) is 48.7 Å². The van der Waals surface area contributed by atoms with Gasteiger partial charge in [0.2, 0.25) is 0 Å². The molecule has 0 spiro atoms. The van der Waals surface area contributed by atoms with Gasteiger partial charge in [0.05, 0.1) is 5.71 Å². The van der Waals surface area contributed by atoms with Crippen LogP contribution in [-0.4, -0.2) is 29.5 Å². The number of carbonyl (C=O) groups is 1. The molecule has 0 unspecified atom stereocenters. The molecular weight excluding hydrogens is 398 g/mol. The lowest BCUT2D eigenvalue weighted by Crippen LogP contribution is -2.26. The standard InChI is InChI=1S/C20H22BrNO4/c1-3-25-19(20(23)24)12-16-5-4-6-17(11-16)14(2)22-26-13-15-7-9-18(21)10-8-15/h4-11,19H,3,12-13H2,1-2H3,(H,23,24)/b22-14+/t19-/m1/s1. The van der Waals surface area contributed by atoms with Crippen LogP contribution in [0, 0.1) is 0 Å². The molecule has 0 amide bonds. The van der Waals surface area contributed by atoms with E-state index in [4.69, 9.17) is 9.57 Å². The maximum Gasteiger partial charge on any atom is 0.333 e. The van der Waals surface area contributed by atoms with Crippen LogP contribution in [0.4, 0.5) is 0 Å². The summed E-state index contributed by atoms with van der Waals surface area (Å²) in [7, 11) is 0. The molecule has 0 aromatic heterocycles. The van der Waals surface area contributed by atoms with E-state index in [0.29, 0.717) is 19.6 Å². The lowest BCUT2D eigenvalue weighted by Gasteiger charge is -2.13. The second-order valence-corrected chi connectivity index (χ2v) is 6.68. The first-order valence-corrected chi connectivity index (χ1v) is 9.13. The summed E-state index contributed by atoms with van der Waals surface area (Å²) in [5.74, 6) is -0.958. The Morgan fingerprint density at radius 1 is 1.19 bits per heavy atom. The smallest absolute Gasteiger partial charge is 0.333 e. The van der Waals surface area contributed by atoms with Gasteiger partial charge in [-0.2, -0.15) is 0 Å². The predicted octanol–water partition coefficient (Wildman–Crippen LogP) is 4.42. The van der Waals surface area contributed by atoms with E-state index >= 15 is 0 Å². The van der Waals surface area contributed by atoms with E-state index in [2.05, 4.69) is 21.1 Å². The molecule has 0 aliphatic carbocycles. The van der Waals surface area contributed by atoms with Crippen LogP contribution in [-0.2, 0) is 27.4 Å². The lowest BCUT2D eigenvalue weighted by molar-refractivity contribution is -0.149. The zero-order chi connectivity index (χ0) is 18.9. The Labute approximate surface area is 161 Å². The average molecular weight is 420 g/mol. The molecular formula is C20H22BrNO4. The van der Waals surface area contributed by atoms with Crippen LogP contribution in [0.25, 0.3) is 0 Å². The van der Waals surface area contributed by atoms with Crippen LogP contribution in [0.15, 0.2) is 58.2 Å². The van der Waals surface area contributed by atoms with Gasteiger partial charge in [-0.3, -0.25) is 0 Å². The molecule has 2 aromatic carbocycles. The molecule has 0 radical (unpaired) electrons. The maximum absolute atomic E-state index is 11.2. The highest BCUT2D eigenvalue weighted by Gasteiger charge is 2.18. The van der Waals surface area contributed by atoms with Gasteiger partial charge in [-0.15, -0.1) is 0 Å². The van der Waals surface area contributed by atoms with E-state index in [1.807, 2.05) is 55.5 Å². The number of nitrogens with zero attached hydrogens (tertiary/aromatic N) is 1. The molecule has 2 aromatic rings. The van der Waals surface area contributed by atoms with Crippen LogP contribution in [0.1, 0.15) is 30.5 Å². The summed E-state index contributed by atoms with van der Waals surface area (Å²) in [5, 5.41) is 13.4. The zero-order valence-electron chi connectivity index (χ0n) is 14.8. The Balaban J connectivity index is 2.00. The first-order valence-electron chi connectivity index (χ1n) is 8.34. The number of aliphatic carboxylic acids is 1. The number of ether oxygens (including phenoxy) is 1. The van der Waals surface area contributed by atoms with E-state index < -0.39 is 12.1 Å². The number of halogens is 1. The van der Waals surface area contributed by atoms with Gasteiger partial charge in [-0.25, -0.2) is 4.79 Å². The van der Waals surface area contributed by atoms with Crippen LogP contribution in [0.5, 0.6) is 0 Å². The predicted molar refractivity (Wildman–Crippen MR) is 104 cm³/mol. The summed E-state index contributed by atoms with van der Waals surface area (Å²) in [4.78, 5) is 16.7. The van der Waals surface area contributed by atoms with Crippen LogP contribution < -0.4 is 0 Å². The molecule has 26 heavy (non-hydrogen) atoms. The SMILES string of the molecule is CCO[C@H](Cc1cccc(/C(C)=N/OCc2ccc(Br)cc2)c1)C(=O)O. The summed E-state index contributed by atoms with van der Waals surface area (Å²) < 4.78 is 6.29. The van der Waals surface area contributed by atoms with Crippen molar-refractivity contribution in [3.63, 3.8) is 0 Å². The van der Waals surface area contributed by atoms with Gasteiger partial charge < -0.3 is 14.7 Å². The number of carboxylic acid groups (broad SMARTS) is 1. The molecule has 0 fully saturated rings. The second-order valence-electron chi connectivity index (χ2n) is 5.76. The molecule has 0 saturated carbocycles. The molecule has 0 aliphatic heterocycles. The lowest BCUT2D eigenvalue weighted by atomic mass is 10.0. The molecule has 0 bridgehead atoms. The molecule has 1 atom stereocenters. The van der Waals surface area contributed by atoms with Gasteiger partial charge in [0.15, 0.2) is 6.10 Å². The van der Waals surface area contributed by atoms with Gasteiger partial charge in [0.25, 0.3) is 0 Å². The number of hydrogen-bond acceptors (Lipinski definition) is 4. The normalized spacial score (nSPS) is 12.7. The fourth-order valence-corrected chi connectivity index (χ4v) is 2.66. The van der Waals surface area contributed by atoms with Gasteiger partial charge in [0.1, 0.15) is 6.61 Å². The minimum Gasteiger partial charge on any atom is -0.479 e. The van der Waals surface area contributed by atoms with Crippen molar-refractivity contribution >= 4 is 27.6 Å². The highest BCUT2D eigenvalue weighted by molar-refractivity contribution is 9.10. The quantitative estimate of drug-likeness (QED) is 0.482. The number of carboxylic acids is 1. The Morgan fingerprint density at radius 2 is 1.92 bits per heavy atom. The molecule has 0 saturated heterocycles. The van der Waals surface area contributed by atoms with Crippen LogP contribution in [0.2, 0.25) is 0 Å². The summed E-state index contributed by atoms with van der Waals surface area (Å²) in [6, 6.07) is 15.4. The van der Waals surface area contributed by atoms with Gasteiger partial charge >= 0.3 is 5.97 Å². The molecule has 5 nitrogen and oxygen atoms in total. The maximum atomic E-state index is 11.2. The summed E-state index contributed by atoms with van der Waals surface area (Å²) in [6.07, 6.45) is -0.537. The molecule has 2 rings (SSSR count). The number of benzene rings is 2. The largest absolute Gasteiger partial charge is 0.479 e. The van der Waals surface area contributed by atoms with Crippen molar-refractivity contribution in [1.82, 2.24) is 0 Å².